The quantitative estimate of drug-likeness (QED) is 0.739. The second-order valence-electron chi connectivity index (χ2n) is 3.26. The Kier molecular flexibility index (Phi) is 2.60. The van der Waals surface area contributed by atoms with E-state index in [4.69, 9.17) is 4.42 Å². The fourth-order valence-corrected chi connectivity index (χ4v) is 1.35. The lowest BCUT2D eigenvalue weighted by molar-refractivity contribution is -0.142. The van der Waals surface area contributed by atoms with Gasteiger partial charge >= 0.3 is 5.97 Å². The van der Waals surface area contributed by atoms with E-state index in [1.165, 1.54) is 13.0 Å². The summed E-state index contributed by atoms with van der Waals surface area (Å²) in [6.07, 6.45) is 0. The van der Waals surface area contributed by atoms with Gasteiger partial charge < -0.3 is 9.15 Å². The Morgan fingerprint density at radius 3 is 2.69 bits per heavy atom. The molecule has 1 aromatic heterocycles. The summed E-state index contributed by atoms with van der Waals surface area (Å²) in [6, 6.07) is 3.32. The summed E-state index contributed by atoms with van der Waals surface area (Å²) < 4.78 is 36.2. The third-order valence-corrected chi connectivity index (χ3v) is 2.05. The highest BCUT2D eigenvalue weighted by Crippen LogP contribution is 2.25. The van der Waals surface area contributed by atoms with E-state index in [2.05, 4.69) is 4.74 Å². The predicted octanol–water partition coefficient (Wildman–Crippen LogP) is 2.77. The Bertz CT molecular complexity index is 506. The molecule has 1 heterocycles. The average Bonchev–Trinajstić information content (AvgIpc) is 2.66. The summed E-state index contributed by atoms with van der Waals surface area (Å²) in [5.74, 6) is -1.50. The summed E-state index contributed by atoms with van der Waals surface area (Å²) in [5.41, 5.74) is -0.165. The van der Waals surface area contributed by atoms with Gasteiger partial charge in [-0.1, -0.05) is 0 Å². The zero-order chi connectivity index (χ0) is 11.7. The van der Waals surface area contributed by atoms with Crippen LogP contribution in [0.1, 0.15) is 12.7 Å². The number of furan rings is 1. The Labute approximate surface area is 89.6 Å². The second kappa shape index (κ2) is 3.92. The predicted molar refractivity (Wildman–Crippen MR) is 51.6 cm³/mol. The van der Waals surface area contributed by atoms with E-state index in [1.54, 1.807) is 0 Å². The highest BCUT2D eigenvalue weighted by molar-refractivity contribution is 5.79. The third kappa shape index (κ3) is 1.88. The maximum absolute atomic E-state index is 13.2. The van der Waals surface area contributed by atoms with Crippen molar-refractivity contribution in [3.8, 4) is 0 Å². The molecule has 16 heavy (non-hydrogen) atoms. The summed E-state index contributed by atoms with van der Waals surface area (Å²) in [5, 5.41) is 0.0437. The largest absolute Gasteiger partial charge is 0.458 e. The molecule has 2 aromatic rings. The third-order valence-electron chi connectivity index (χ3n) is 2.05. The molecule has 0 amide bonds. The van der Waals surface area contributed by atoms with E-state index in [9.17, 15) is 13.6 Å². The Hall–Kier alpha value is -1.91. The molecule has 2 rings (SSSR count). The van der Waals surface area contributed by atoms with Crippen molar-refractivity contribution in [2.75, 3.05) is 0 Å². The average molecular weight is 226 g/mol. The topological polar surface area (TPSA) is 39.4 Å². The number of benzene rings is 1. The van der Waals surface area contributed by atoms with E-state index in [1.807, 2.05) is 0 Å². The normalized spacial score (nSPS) is 10.7. The van der Waals surface area contributed by atoms with E-state index >= 15 is 0 Å². The molecule has 0 fully saturated rings. The first-order chi connectivity index (χ1) is 7.58. The fraction of sp³-hybridized carbons (Fsp3) is 0.182. The molecule has 0 atom stereocenters. The summed E-state index contributed by atoms with van der Waals surface area (Å²) in [7, 11) is 0. The van der Waals surface area contributed by atoms with Crippen molar-refractivity contribution < 1.29 is 22.7 Å². The van der Waals surface area contributed by atoms with E-state index in [0.29, 0.717) is 0 Å². The number of hydrogen-bond acceptors (Lipinski definition) is 3. The number of esters is 1. The highest BCUT2D eigenvalue weighted by Gasteiger charge is 2.12. The molecule has 0 aliphatic carbocycles. The van der Waals surface area contributed by atoms with Crippen molar-refractivity contribution in [1.82, 2.24) is 0 Å². The van der Waals surface area contributed by atoms with Gasteiger partial charge in [-0.15, -0.1) is 0 Å². The lowest BCUT2D eigenvalue weighted by Crippen LogP contribution is -1.97. The zero-order valence-electron chi connectivity index (χ0n) is 8.42. The molecule has 0 bridgehead atoms. The molecule has 0 spiro atoms. The maximum Gasteiger partial charge on any atom is 0.303 e. The number of hydrogen-bond donors (Lipinski definition) is 0. The summed E-state index contributed by atoms with van der Waals surface area (Å²) in [4.78, 5) is 10.6. The molecular formula is C11H8F2O3. The first-order valence-corrected chi connectivity index (χ1v) is 4.57. The van der Waals surface area contributed by atoms with Crippen LogP contribution in [0.3, 0.4) is 0 Å². The second-order valence-corrected chi connectivity index (χ2v) is 3.26. The Morgan fingerprint density at radius 2 is 2.06 bits per heavy atom. The molecule has 0 saturated carbocycles. The van der Waals surface area contributed by atoms with Gasteiger partial charge in [0.15, 0.2) is 11.4 Å². The fourth-order valence-electron chi connectivity index (χ4n) is 1.35. The van der Waals surface area contributed by atoms with Gasteiger partial charge in [0.1, 0.15) is 18.2 Å². The molecule has 84 valence electrons. The lowest BCUT2D eigenvalue weighted by atomic mass is 10.2. The van der Waals surface area contributed by atoms with Crippen LogP contribution in [0.4, 0.5) is 8.78 Å². The SMILES string of the molecule is CC(=O)OCc1cc2c(F)ccc(F)c2o1. The number of rotatable bonds is 2. The van der Waals surface area contributed by atoms with Crippen LogP contribution >= 0.6 is 0 Å². The lowest BCUT2D eigenvalue weighted by Gasteiger charge is -1.96. The maximum atomic E-state index is 13.2. The summed E-state index contributed by atoms with van der Waals surface area (Å²) >= 11 is 0. The molecular weight excluding hydrogens is 218 g/mol. The van der Waals surface area contributed by atoms with Crippen LogP contribution in [0.5, 0.6) is 0 Å². The van der Waals surface area contributed by atoms with Gasteiger partial charge in [-0.3, -0.25) is 4.79 Å². The standard InChI is InChI=1S/C11H8F2O3/c1-6(14)15-5-7-4-8-9(12)2-3-10(13)11(8)16-7/h2-4H,5H2,1H3. The van der Waals surface area contributed by atoms with Crippen LogP contribution in [0.15, 0.2) is 22.6 Å². The molecule has 0 unspecified atom stereocenters. The zero-order valence-corrected chi connectivity index (χ0v) is 8.42. The first kappa shape index (κ1) is 10.6. The molecule has 0 saturated heterocycles. The number of fused-ring (bicyclic) bond motifs is 1. The van der Waals surface area contributed by atoms with Gasteiger partial charge in [-0.25, -0.2) is 8.78 Å². The van der Waals surface area contributed by atoms with E-state index < -0.39 is 17.6 Å². The number of ether oxygens (including phenoxy) is 1. The van der Waals surface area contributed by atoms with Crippen molar-refractivity contribution in [1.29, 1.82) is 0 Å². The molecule has 0 N–H and O–H groups in total. The Balaban J connectivity index is 2.39. The molecule has 5 heteroatoms. The molecule has 3 nitrogen and oxygen atoms in total. The van der Waals surface area contributed by atoms with Crippen molar-refractivity contribution in [2.45, 2.75) is 13.5 Å². The van der Waals surface area contributed by atoms with Crippen molar-refractivity contribution in [3.63, 3.8) is 0 Å². The van der Waals surface area contributed by atoms with Crippen LogP contribution in [-0.2, 0) is 16.1 Å². The van der Waals surface area contributed by atoms with Crippen LogP contribution in [0, 0.1) is 11.6 Å². The molecule has 0 radical (unpaired) electrons. The van der Waals surface area contributed by atoms with Gasteiger partial charge in [0, 0.05) is 6.92 Å². The van der Waals surface area contributed by atoms with Gasteiger partial charge in [0.25, 0.3) is 0 Å². The highest BCUT2D eigenvalue weighted by atomic mass is 19.1. The smallest absolute Gasteiger partial charge is 0.303 e. The van der Waals surface area contributed by atoms with E-state index in [-0.39, 0.29) is 23.3 Å². The van der Waals surface area contributed by atoms with Crippen LogP contribution in [0.2, 0.25) is 0 Å². The summed E-state index contributed by atoms with van der Waals surface area (Å²) in [6.45, 7) is 1.10. The van der Waals surface area contributed by atoms with Crippen molar-refractivity contribution >= 4 is 16.9 Å². The van der Waals surface area contributed by atoms with Gasteiger partial charge in [0.2, 0.25) is 0 Å². The van der Waals surface area contributed by atoms with Crippen LogP contribution in [-0.4, -0.2) is 5.97 Å². The van der Waals surface area contributed by atoms with Crippen molar-refractivity contribution in [2.24, 2.45) is 0 Å². The minimum atomic E-state index is -0.648. The first-order valence-electron chi connectivity index (χ1n) is 4.57. The van der Waals surface area contributed by atoms with Gasteiger partial charge in [-0.2, -0.15) is 0 Å². The van der Waals surface area contributed by atoms with Crippen LogP contribution in [0.25, 0.3) is 11.0 Å². The van der Waals surface area contributed by atoms with Gasteiger partial charge in [0.05, 0.1) is 5.39 Å². The van der Waals surface area contributed by atoms with E-state index in [0.717, 1.165) is 12.1 Å². The number of carbonyl (C=O) groups excluding carboxylic acids is 1. The molecule has 1 aromatic carbocycles. The Morgan fingerprint density at radius 1 is 1.38 bits per heavy atom. The van der Waals surface area contributed by atoms with Crippen molar-refractivity contribution in [3.05, 3.63) is 35.6 Å². The molecule has 0 aliphatic rings. The van der Waals surface area contributed by atoms with Gasteiger partial charge in [-0.05, 0) is 18.2 Å². The minimum Gasteiger partial charge on any atom is -0.458 e. The number of carbonyl (C=O) groups is 1. The molecule has 0 aliphatic heterocycles. The monoisotopic (exact) mass is 226 g/mol. The van der Waals surface area contributed by atoms with Crippen LogP contribution < -0.4 is 0 Å². The minimum absolute atomic E-state index is 0.0437. The number of halogens is 2.